The Morgan fingerprint density at radius 3 is 2.22 bits per heavy atom. The Kier molecular flexibility index (Phi) is 4.61. The highest BCUT2D eigenvalue weighted by Gasteiger charge is 2.13. The SMILES string of the molecule is C[C@H](O)c1ccc(N(CC(N)=O)CC(N)=O)nc1. The van der Waals surface area contributed by atoms with Crippen LogP contribution in [0.25, 0.3) is 0 Å². The van der Waals surface area contributed by atoms with Crippen molar-refractivity contribution >= 4 is 17.6 Å². The summed E-state index contributed by atoms with van der Waals surface area (Å²) in [4.78, 5) is 27.2. The van der Waals surface area contributed by atoms with Gasteiger partial charge in [-0.15, -0.1) is 0 Å². The lowest BCUT2D eigenvalue weighted by Crippen LogP contribution is -2.40. The molecule has 18 heavy (non-hydrogen) atoms. The number of carbonyl (C=O) groups excluding carboxylic acids is 2. The monoisotopic (exact) mass is 252 g/mol. The minimum Gasteiger partial charge on any atom is -0.389 e. The fraction of sp³-hybridized carbons (Fsp3) is 0.364. The molecule has 1 aromatic rings. The van der Waals surface area contributed by atoms with Crippen molar-refractivity contribution in [3.05, 3.63) is 23.9 Å². The summed E-state index contributed by atoms with van der Waals surface area (Å²) < 4.78 is 0. The number of rotatable bonds is 6. The van der Waals surface area contributed by atoms with E-state index in [0.29, 0.717) is 11.4 Å². The molecule has 98 valence electrons. The van der Waals surface area contributed by atoms with Gasteiger partial charge in [0.15, 0.2) is 0 Å². The van der Waals surface area contributed by atoms with Gasteiger partial charge in [-0.1, -0.05) is 6.07 Å². The predicted octanol–water partition coefficient (Wildman–Crippen LogP) is -1.09. The first-order valence-corrected chi connectivity index (χ1v) is 5.35. The van der Waals surface area contributed by atoms with Crippen molar-refractivity contribution in [2.75, 3.05) is 18.0 Å². The number of hydrogen-bond acceptors (Lipinski definition) is 5. The molecule has 0 aliphatic rings. The van der Waals surface area contributed by atoms with Crippen LogP contribution in [0, 0.1) is 0 Å². The normalized spacial score (nSPS) is 11.9. The lowest BCUT2D eigenvalue weighted by Gasteiger charge is -2.20. The molecule has 7 heteroatoms. The van der Waals surface area contributed by atoms with Crippen LogP contribution >= 0.6 is 0 Å². The van der Waals surface area contributed by atoms with Crippen molar-refractivity contribution in [1.29, 1.82) is 0 Å². The van der Waals surface area contributed by atoms with Crippen molar-refractivity contribution < 1.29 is 14.7 Å². The predicted molar refractivity (Wildman–Crippen MR) is 65.5 cm³/mol. The van der Waals surface area contributed by atoms with Crippen molar-refractivity contribution in [3.8, 4) is 0 Å². The first-order chi connectivity index (χ1) is 8.40. The smallest absolute Gasteiger partial charge is 0.237 e. The fourth-order valence-electron chi connectivity index (χ4n) is 1.43. The van der Waals surface area contributed by atoms with E-state index in [-0.39, 0.29) is 13.1 Å². The van der Waals surface area contributed by atoms with Gasteiger partial charge in [0.2, 0.25) is 11.8 Å². The molecule has 0 fully saturated rings. The topological polar surface area (TPSA) is 123 Å². The summed E-state index contributed by atoms with van der Waals surface area (Å²) in [6, 6.07) is 3.25. The third kappa shape index (κ3) is 4.02. The highest BCUT2D eigenvalue weighted by molar-refractivity contribution is 5.84. The van der Waals surface area contributed by atoms with Crippen LogP contribution in [-0.2, 0) is 9.59 Å². The van der Waals surface area contributed by atoms with Gasteiger partial charge in [0.05, 0.1) is 19.2 Å². The molecule has 0 aromatic carbocycles. The molecule has 1 atom stereocenters. The van der Waals surface area contributed by atoms with Gasteiger partial charge in [0, 0.05) is 6.20 Å². The number of carbonyl (C=O) groups is 2. The average Bonchev–Trinajstić information content (AvgIpc) is 2.27. The Morgan fingerprint density at radius 2 is 1.89 bits per heavy atom. The number of aromatic nitrogens is 1. The van der Waals surface area contributed by atoms with Crippen molar-refractivity contribution in [1.82, 2.24) is 4.98 Å². The molecule has 0 radical (unpaired) electrons. The van der Waals surface area contributed by atoms with Gasteiger partial charge < -0.3 is 21.5 Å². The maximum Gasteiger partial charge on any atom is 0.237 e. The summed E-state index contributed by atoms with van der Waals surface area (Å²) in [7, 11) is 0. The summed E-state index contributed by atoms with van der Waals surface area (Å²) in [5, 5.41) is 9.34. The second-order valence-electron chi connectivity index (χ2n) is 3.91. The molecule has 2 amide bonds. The van der Waals surface area contributed by atoms with Gasteiger partial charge in [-0.3, -0.25) is 9.59 Å². The maximum absolute atomic E-state index is 10.9. The van der Waals surface area contributed by atoms with Crippen LogP contribution in [-0.4, -0.2) is 35.0 Å². The first-order valence-electron chi connectivity index (χ1n) is 5.35. The Balaban J connectivity index is 2.90. The first kappa shape index (κ1) is 13.9. The fourth-order valence-corrected chi connectivity index (χ4v) is 1.43. The Hall–Kier alpha value is -2.15. The second kappa shape index (κ2) is 5.97. The molecule has 7 nitrogen and oxygen atoms in total. The van der Waals surface area contributed by atoms with Gasteiger partial charge >= 0.3 is 0 Å². The van der Waals surface area contributed by atoms with E-state index in [2.05, 4.69) is 4.98 Å². The van der Waals surface area contributed by atoms with Crippen molar-refractivity contribution in [3.63, 3.8) is 0 Å². The second-order valence-corrected chi connectivity index (χ2v) is 3.91. The van der Waals surface area contributed by atoms with Gasteiger partial charge in [-0.2, -0.15) is 0 Å². The minimum absolute atomic E-state index is 0.149. The van der Waals surface area contributed by atoms with Gasteiger partial charge in [0.1, 0.15) is 5.82 Å². The molecule has 0 saturated carbocycles. The molecule has 0 unspecified atom stereocenters. The zero-order valence-electron chi connectivity index (χ0n) is 10.0. The number of hydrogen-bond donors (Lipinski definition) is 3. The lowest BCUT2D eigenvalue weighted by atomic mass is 10.2. The molecule has 1 heterocycles. The molecule has 5 N–H and O–H groups in total. The van der Waals surface area contributed by atoms with Gasteiger partial charge in [-0.25, -0.2) is 4.98 Å². The molecule has 1 aromatic heterocycles. The van der Waals surface area contributed by atoms with Crippen LogP contribution in [0.2, 0.25) is 0 Å². The van der Waals surface area contributed by atoms with E-state index in [4.69, 9.17) is 11.5 Å². The van der Waals surface area contributed by atoms with E-state index in [1.165, 1.54) is 11.1 Å². The number of primary amides is 2. The highest BCUT2D eigenvalue weighted by atomic mass is 16.3. The quantitative estimate of drug-likeness (QED) is 0.593. The molecular weight excluding hydrogens is 236 g/mol. The van der Waals surface area contributed by atoms with Crippen LogP contribution in [0.3, 0.4) is 0 Å². The van der Waals surface area contributed by atoms with Crippen LogP contribution in [0.15, 0.2) is 18.3 Å². The largest absolute Gasteiger partial charge is 0.389 e. The van der Waals surface area contributed by atoms with Crippen LogP contribution < -0.4 is 16.4 Å². The van der Waals surface area contributed by atoms with Crippen molar-refractivity contribution in [2.24, 2.45) is 11.5 Å². The zero-order chi connectivity index (χ0) is 13.7. The van der Waals surface area contributed by atoms with Crippen LogP contribution in [0.5, 0.6) is 0 Å². The van der Waals surface area contributed by atoms with E-state index < -0.39 is 17.9 Å². The maximum atomic E-state index is 10.9. The molecule has 0 spiro atoms. The number of aliphatic hydroxyl groups excluding tert-OH is 1. The lowest BCUT2D eigenvalue weighted by molar-refractivity contribution is -0.117. The summed E-state index contributed by atoms with van der Waals surface area (Å²) in [6.45, 7) is 1.31. The number of nitrogens with two attached hydrogens (primary N) is 2. The summed E-state index contributed by atoms with van der Waals surface area (Å²) in [5.74, 6) is -0.771. The number of pyridine rings is 1. The Labute approximate surface area is 104 Å². The Bertz CT molecular complexity index is 414. The number of anilines is 1. The third-order valence-electron chi connectivity index (χ3n) is 2.27. The Morgan fingerprint density at radius 1 is 1.33 bits per heavy atom. The molecule has 0 bridgehead atoms. The summed E-state index contributed by atoms with van der Waals surface area (Å²) >= 11 is 0. The van der Waals surface area contributed by atoms with E-state index in [0.717, 1.165) is 0 Å². The number of amides is 2. The number of aliphatic hydroxyl groups is 1. The number of nitrogens with zero attached hydrogens (tertiary/aromatic N) is 2. The summed E-state index contributed by atoms with van der Waals surface area (Å²) in [5.41, 5.74) is 10.8. The van der Waals surface area contributed by atoms with E-state index >= 15 is 0 Å². The summed E-state index contributed by atoms with van der Waals surface area (Å²) in [6.07, 6.45) is 0.835. The minimum atomic E-state index is -0.632. The van der Waals surface area contributed by atoms with Gasteiger partial charge in [0.25, 0.3) is 0 Å². The van der Waals surface area contributed by atoms with Crippen molar-refractivity contribution in [2.45, 2.75) is 13.0 Å². The van der Waals surface area contributed by atoms with E-state index in [9.17, 15) is 14.7 Å². The third-order valence-corrected chi connectivity index (χ3v) is 2.27. The van der Waals surface area contributed by atoms with E-state index in [1.807, 2.05) is 0 Å². The molecular formula is C11H16N4O3. The molecule has 0 aliphatic heterocycles. The highest BCUT2D eigenvalue weighted by Crippen LogP contribution is 2.15. The molecule has 1 rings (SSSR count). The molecule has 0 aliphatic carbocycles. The molecule has 0 saturated heterocycles. The van der Waals surface area contributed by atoms with Crippen LogP contribution in [0.1, 0.15) is 18.6 Å². The zero-order valence-corrected chi connectivity index (χ0v) is 10.0. The standard InChI is InChI=1S/C11H16N4O3/c1-7(16)8-2-3-11(14-4-8)15(5-9(12)17)6-10(13)18/h2-4,7,16H,5-6H2,1H3,(H2,12,17)(H2,13,18)/t7-/m0/s1. The van der Waals surface area contributed by atoms with Gasteiger partial charge in [-0.05, 0) is 18.6 Å². The van der Waals surface area contributed by atoms with Crippen LogP contribution in [0.4, 0.5) is 5.82 Å². The average molecular weight is 252 g/mol. The van der Waals surface area contributed by atoms with E-state index in [1.54, 1.807) is 19.1 Å².